The van der Waals surface area contributed by atoms with E-state index in [9.17, 15) is 39.6 Å². The zero-order chi connectivity index (χ0) is 36.2. The second-order valence-corrected chi connectivity index (χ2v) is 13.0. The molecule has 50 heavy (non-hydrogen) atoms. The molecule has 3 aromatic rings. The van der Waals surface area contributed by atoms with Gasteiger partial charge >= 0.3 is 23.9 Å². The van der Waals surface area contributed by atoms with Crippen molar-refractivity contribution < 1.29 is 39.6 Å². The molecular weight excluding hydrogens is 640 g/mol. The minimum absolute atomic E-state index is 0.108. The minimum Gasteiger partial charge on any atom is -0.481 e. The van der Waals surface area contributed by atoms with E-state index in [-0.39, 0.29) is 31.3 Å². The zero-order valence-corrected chi connectivity index (χ0v) is 28.0. The third kappa shape index (κ3) is 5.52. The number of hydrogen-bond acceptors (Lipinski definition) is 6. The maximum atomic E-state index is 12.9. The van der Waals surface area contributed by atoms with Crippen molar-refractivity contribution in [1.82, 2.24) is 19.9 Å². The van der Waals surface area contributed by atoms with Crippen LogP contribution in [0.15, 0.2) is 54.6 Å². The van der Waals surface area contributed by atoms with Crippen LogP contribution in [0.5, 0.6) is 0 Å². The van der Waals surface area contributed by atoms with Gasteiger partial charge < -0.3 is 30.4 Å². The van der Waals surface area contributed by atoms with Crippen molar-refractivity contribution >= 4 is 62.7 Å². The molecule has 2 aliphatic heterocycles. The Morgan fingerprint density at radius 1 is 0.780 bits per heavy atom. The first-order chi connectivity index (χ1) is 23.6. The molecule has 0 spiro atoms. The highest BCUT2D eigenvalue weighted by Crippen LogP contribution is 2.52. The molecule has 0 saturated heterocycles. The molecule has 0 fully saturated rings. The smallest absolute Gasteiger partial charge is 0.332 e. The summed E-state index contributed by atoms with van der Waals surface area (Å²) in [7, 11) is 0. The molecular formula is C38H36N4O8. The van der Waals surface area contributed by atoms with Gasteiger partial charge in [0.25, 0.3) is 0 Å². The molecule has 8 bridgehead atoms. The number of allylic oxidation sites excluding steroid dienone is 6. The molecule has 0 unspecified atom stereocenters. The Balaban J connectivity index is 1.80. The van der Waals surface area contributed by atoms with Gasteiger partial charge in [-0.15, -0.1) is 0 Å². The van der Waals surface area contributed by atoms with Crippen LogP contribution >= 0.6 is 0 Å². The number of aromatic nitrogens is 4. The highest BCUT2D eigenvalue weighted by atomic mass is 16.4. The highest BCUT2D eigenvalue weighted by molar-refractivity contribution is 6.01. The average Bonchev–Trinajstić information content (AvgIpc) is 3.69. The number of nitrogens with zero attached hydrogens (tertiary/aromatic N) is 2. The van der Waals surface area contributed by atoms with Crippen molar-refractivity contribution in [3.8, 4) is 0 Å². The van der Waals surface area contributed by atoms with E-state index in [4.69, 9.17) is 9.97 Å². The van der Waals surface area contributed by atoms with E-state index in [2.05, 4.69) is 16.5 Å². The van der Waals surface area contributed by atoms with Gasteiger partial charge in [0, 0.05) is 40.5 Å². The largest absolute Gasteiger partial charge is 0.481 e. The molecule has 12 nitrogen and oxygen atoms in total. The molecule has 256 valence electrons. The Morgan fingerprint density at radius 2 is 1.36 bits per heavy atom. The number of fused-ring (bicyclic) bond motifs is 11. The Bertz CT molecular complexity index is 2320. The molecule has 6 rings (SSSR count). The molecule has 0 radical (unpaired) electrons. The number of H-pyrrole nitrogens is 2. The molecule has 2 atom stereocenters. The fourth-order valence-electron chi connectivity index (χ4n) is 7.38. The number of carboxylic acid groups (broad SMARTS) is 4. The number of aliphatic carboxylic acids is 4. The average molecular weight is 677 g/mol. The van der Waals surface area contributed by atoms with Gasteiger partial charge in [-0.05, 0) is 98.2 Å². The summed E-state index contributed by atoms with van der Waals surface area (Å²) in [6.45, 7) is 11.3. The normalized spacial score (nSPS) is 18.3. The number of rotatable bonds is 9. The van der Waals surface area contributed by atoms with Crippen LogP contribution in [0.2, 0.25) is 0 Å². The van der Waals surface area contributed by atoms with Crippen LogP contribution in [0.3, 0.4) is 0 Å². The maximum Gasteiger partial charge on any atom is 0.332 e. The Hall–Kier alpha value is -6.04. The molecule has 5 heterocycles. The summed E-state index contributed by atoms with van der Waals surface area (Å²) >= 11 is 0. The maximum absolute atomic E-state index is 12.9. The minimum atomic E-state index is -1.48. The number of nitrogens with one attached hydrogen (secondary N) is 2. The van der Waals surface area contributed by atoms with Crippen LogP contribution in [0.4, 0.5) is 0 Å². The number of carboxylic acids is 4. The van der Waals surface area contributed by atoms with Crippen molar-refractivity contribution in [1.29, 1.82) is 0 Å². The van der Waals surface area contributed by atoms with Crippen LogP contribution in [-0.4, -0.2) is 64.2 Å². The van der Waals surface area contributed by atoms with E-state index in [0.29, 0.717) is 61.5 Å². The van der Waals surface area contributed by atoms with Crippen molar-refractivity contribution in [3.63, 3.8) is 0 Å². The van der Waals surface area contributed by atoms with Crippen LogP contribution < -0.4 is 0 Å². The SMILES string of the molecule is C=CC1=C(C)c2cc3nc(cc4[nH]c(cc5[nH]c(cc1n2)c(C)c5CCC(=O)O)c(CCC(=O)O)c4C)[C@]1(C)C3=CC=C(C(=O)O)[C@@H]1C(=O)O. The summed E-state index contributed by atoms with van der Waals surface area (Å²) in [6, 6.07) is 7.17. The second kappa shape index (κ2) is 12.4. The summed E-state index contributed by atoms with van der Waals surface area (Å²) in [4.78, 5) is 65.3. The van der Waals surface area contributed by atoms with Crippen LogP contribution in [0.1, 0.15) is 71.7 Å². The van der Waals surface area contributed by atoms with Gasteiger partial charge in [-0.25, -0.2) is 9.78 Å². The van der Waals surface area contributed by atoms with Crippen molar-refractivity contribution in [2.75, 3.05) is 0 Å². The molecule has 12 heteroatoms. The summed E-state index contributed by atoms with van der Waals surface area (Å²) in [6.07, 6.45) is 4.76. The third-order valence-corrected chi connectivity index (χ3v) is 10.1. The van der Waals surface area contributed by atoms with E-state index in [1.165, 1.54) is 6.08 Å². The van der Waals surface area contributed by atoms with Gasteiger partial charge in [0.05, 0.1) is 33.8 Å². The summed E-state index contributed by atoms with van der Waals surface area (Å²) in [5.74, 6) is -6.08. The van der Waals surface area contributed by atoms with E-state index in [1.807, 2.05) is 32.9 Å². The number of aryl methyl sites for hydroxylation is 4. The van der Waals surface area contributed by atoms with Crippen molar-refractivity contribution in [2.45, 2.75) is 58.8 Å². The van der Waals surface area contributed by atoms with Crippen molar-refractivity contribution in [2.24, 2.45) is 5.92 Å². The standard InChI is InChI=1S/C38H36N4O8/c1-6-20-17(2)26-14-31-24-10-7-23(36(47)48)35(37(49)50)38(24,5)32(42-31)16-27-19(4)22(9-12-34(45)46)30(41-27)15-29-21(8-11-33(43)44)18(3)25(40-29)13-28(20)39-26/h6-7,10,13-16,35,40-41H,1,8-9,11-12H2,2-5H3,(H,43,44)(H,45,46)(H,47,48)(H,49,50)/t35-,38+/m1/s1. The molecule has 3 aliphatic rings. The summed E-state index contributed by atoms with van der Waals surface area (Å²) in [5, 5.41) is 39.7. The molecule has 1 aliphatic carbocycles. The topological polar surface area (TPSA) is 207 Å². The number of hydrogen-bond donors (Lipinski definition) is 6. The van der Waals surface area contributed by atoms with Gasteiger partial charge in [0.15, 0.2) is 0 Å². The van der Waals surface area contributed by atoms with Crippen molar-refractivity contribution in [3.05, 3.63) is 99.7 Å². The van der Waals surface area contributed by atoms with Gasteiger partial charge in [-0.2, -0.15) is 0 Å². The lowest BCUT2D eigenvalue weighted by Crippen LogP contribution is -2.41. The Kier molecular flexibility index (Phi) is 8.42. The lowest BCUT2D eigenvalue weighted by atomic mass is 9.64. The second-order valence-electron chi connectivity index (χ2n) is 13.0. The molecule has 3 aromatic heterocycles. The highest BCUT2D eigenvalue weighted by Gasteiger charge is 2.53. The predicted octanol–water partition coefficient (Wildman–Crippen LogP) is 6.15. The van der Waals surface area contributed by atoms with Gasteiger partial charge in [0.1, 0.15) is 5.92 Å². The number of aromatic amines is 2. The summed E-state index contributed by atoms with van der Waals surface area (Å²) in [5.41, 5.74) is 7.83. The third-order valence-electron chi connectivity index (χ3n) is 10.1. The first-order valence-electron chi connectivity index (χ1n) is 16.1. The van der Waals surface area contributed by atoms with E-state index in [1.54, 1.807) is 31.2 Å². The lowest BCUT2D eigenvalue weighted by Gasteiger charge is -2.35. The monoisotopic (exact) mass is 676 g/mol. The zero-order valence-electron chi connectivity index (χ0n) is 28.0. The predicted molar refractivity (Wildman–Crippen MR) is 187 cm³/mol. The summed E-state index contributed by atoms with van der Waals surface area (Å²) < 4.78 is 0. The molecule has 0 amide bonds. The van der Waals surface area contributed by atoms with E-state index in [0.717, 1.165) is 22.3 Å². The van der Waals surface area contributed by atoms with Crippen LogP contribution in [0, 0.1) is 19.8 Å². The van der Waals surface area contributed by atoms with E-state index >= 15 is 0 Å². The van der Waals surface area contributed by atoms with Crippen LogP contribution in [-0.2, 0) is 37.4 Å². The lowest BCUT2D eigenvalue weighted by molar-refractivity contribution is -0.145. The Morgan fingerprint density at radius 3 is 1.88 bits per heavy atom. The number of carbonyl (C=O) groups is 4. The van der Waals surface area contributed by atoms with Gasteiger partial charge in [-0.1, -0.05) is 24.8 Å². The van der Waals surface area contributed by atoms with E-state index < -0.39 is 35.2 Å². The quantitative estimate of drug-likeness (QED) is 0.152. The Labute approximate surface area is 286 Å². The van der Waals surface area contributed by atoms with Gasteiger partial charge in [-0.3, -0.25) is 19.4 Å². The first-order valence-corrected chi connectivity index (χ1v) is 16.1. The fourth-order valence-corrected chi connectivity index (χ4v) is 7.38. The first kappa shape index (κ1) is 33.8. The van der Waals surface area contributed by atoms with Crippen LogP contribution in [0.25, 0.3) is 38.8 Å². The molecule has 0 saturated carbocycles. The van der Waals surface area contributed by atoms with Gasteiger partial charge in [0.2, 0.25) is 0 Å². The molecule has 6 N–H and O–H groups in total. The molecule has 0 aromatic carbocycles. The fraction of sp³-hybridized carbons (Fsp3) is 0.263.